The molecule has 2 aromatic carbocycles. The highest BCUT2D eigenvalue weighted by Crippen LogP contribution is 2.41. The Bertz CT molecular complexity index is 3390. The summed E-state index contributed by atoms with van der Waals surface area (Å²) in [4.78, 5) is 77.4. The Morgan fingerprint density at radius 1 is 0.394 bits per heavy atom. The third-order valence-electron chi connectivity index (χ3n) is 19.9. The lowest BCUT2D eigenvalue weighted by atomic mass is 9.91. The third-order valence-corrected chi connectivity index (χ3v) is 19.9. The van der Waals surface area contributed by atoms with Crippen LogP contribution in [0.2, 0.25) is 0 Å². The summed E-state index contributed by atoms with van der Waals surface area (Å²) in [5.74, 6) is 0.696. The summed E-state index contributed by atoms with van der Waals surface area (Å²) in [6.45, 7) is 36.9. The van der Waals surface area contributed by atoms with Crippen molar-refractivity contribution in [3.8, 4) is 11.6 Å². The van der Waals surface area contributed by atoms with E-state index in [0.717, 1.165) is 205 Å². The molecule has 3 aromatic heterocycles. The monoisotopic (exact) mass is 1440 g/mol. The van der Waals surface area contributed by atoms with Gasteiger partial charge in [0.25, 0.3) is 23.6 Å². The first-order chi connectivity index (χ1) is 50.1. The van der Waals surface area contributed by atoms with E-state index in [0.29, 0.717) is 91.9 Å². The van der Waals surface area contributed by atoms with Crippen molar-refractivity contribution < 1.29 is 19.2 Å². The molecule has 4 N–H and O–H groups in total. The molecule has 0 aliphatic rings. The number of nitrogen functional groups attached to an aromatic ring is 2. The zero-order valence-corrected chi connectivity index (χ0v) is 67.5. The number of carbonyl (C=O) groups excluding carboxylic acids is 4. The van der Waals surface area contributed by atoms with Crippen molar-refractivity contribution in [3.63, 3.8) is 0 Å². The number of hydrogen-bond donors (Lipinski definition) is 2. The highest BCUT2D eigenvalue weighted by Gasteiger charge is 2.32. The molecule has 104 heavy (non-hydrogen) atoms. The fourth-order valence-corrected chi connectivity index (χ4v) is 13.3. The molecule has 0 bridgehead atoms. The molecule has 1 unspecified atom stereocenters. The second kappa shape index (κ2) is 46.5. The van der Waals surface area contributed by atoms with Crippen molar-refractivity contribution in [2.75, 3.05) is 63.8 Å². The van der Waals surface area contributed by atoms with Gasteiger partial charge in [0.15, 0.2) is 34.6 Å². The minimum Gasteiger partial charge on any atom is -0.382 e. The fraction of sp³-hybridized carbons (Fsp3) is 0.690. The Morgan fingerprint density at radius 3 is 1.01 bits per heavy atom. The molecule has 0 fully saturated rings. The van der Waals surface area contributed by atoms with Crippen molar-refractivity contribution in [2.45, 2.75) is 320 Å². The number of benzene rings is 2. The van der Waals surface area contributed by atoms with Gasteiger partial charge in [-0.1, -0.05) is 258 Å². The lowest BCUT2D eigenvalue weighted by molar-refractivity contribution is 0.0714. The molecule has 5 aromatic rings. The van der Waals surface area contributed by atoms with Gasteiger partial charge >= 0.3 is 0 Å². The predicted octanol–water partition coefficient (Wildman–Crippen LogP) is 22.5. The molecular weight excluding hydrogens is 1300 g/mol. The van der Waals surface area contributed by atoms with Crippen molar-refractivity contribution >= 4 is 58.0 Å². The van der Waals surface area contributed by atoms with Crippen LogP contribution in [0.15, 0.2) is 69.2 Å². The topological polar surface area (TPSA) is 244 Å². The minimum atomic E-state index is -0.631. The number of unbranched alkanes of at least 4 members (excludes halogenated alkanes) is 22. The molecular formula is C84H138N16O4. The van der Waals surface area contributed by atoms with E-state index in [9.17, 15) is 9.59 Å². The van der Waals surface area contributed by atoms with Gasteiger partial charge in [-0.3, -0.25) is 19.2 Å². The van der Waals surface area contributed by atoms with E-state index in [1.54, 1.807) is 42.5 Å². The van der Waals surface area contributed by atoms with Crippen LogP contribution in [-0.4, -0.2) is 125 Å². The maximum Gasteiger partial charge on any atom is 0.256 e. The van der Waals surface area contributed by atoms with E-state index < -0.39 is 10.8 Å². The first-order valence-electron chi connectivity index (χ1n) is 41.0. The molecule has 578 valence electrons. The molecule has 20 nitrogen and oxygen atoms in total. The maximum absolute atomic E-state index is 15.3. The van der Waals surface area contributed by atoms with Gasteiger partial charge in [0, 0.05) is 80.4 Å². The number of anilines is 2. The molecule has 4 amide bonds. The van der Waals surface area contributed by atoms with Gasteiger partial charge in [-0.25, -0.2) is 9.97 Å². The molecule has 1 atom stereocenters. The average Bonchev–Trinajstić information content (AvgIpc) is 1.61. The van der Waals surface area contributed by atoms with Crippen LogP contribution in [-0.2, 0) is 10.8 Å². The number of carbonyl (C=O) groups is 4. The standard InChI is InChI=1S/C84H138N16O4/c1-16-25-33-40-52-95(53-41-34-26-17-2)79(101)65-48-50-67(81(103)97(56-44-37-29-20-5)57-45-38-30-21-6)69(59-65)89-91-73-75(83(10,11)12)93-99(77(73)85)71-61-72(88-63-87-71)100-78(86)74(76(94-100)84(13,14)15)92-90-70-60-66(80(102)96(54-42-35-27-18-3)55-43-36-28-19-4)49-51-68(70)82(104)98(58-46-39-31-22-7)62-64(24-9)47-32-23-8/h48-51,59-61,63-64H,16-47,52-58,62,85-86H2,1-15H3. The quantitative estimate of drug-likeness (QED) is 0.0275. The lowest BCUT2D eigenvalue weighted by Gasteiger charge is -2.28. The van der Waals surface area contributed by atoms with E-state index in [2.05, 4.69) is 62.3 Å². The summed E-state index contributed by atoms with van der Waals surface area (Å²) in [5.41, 5.74) is 17.0. The average molecular weight is 1440 g/mol. The van der Waals surface area contributed by atoms with E-state index in [4.69, 9.17) is 52.1 Å². The molecule has 0 saturated carbocycles. The Hall–Kier alpha value is -7.38. The normalized spacial score (nSPS) is 12.3. The van der Waals surface area contributed by atoms with Crippen LogP contribution >= 0.6 is 0 Å². The van der Waals surface area contributed by atoms with Crippen molar-refractivity contribution in [1.29, 1.82) is 0 Å². The second-order valence-electron chi connectivity index (χ2n) is 31.1. The molecule has 5 rings (SSSR count). The zero-order valence-electron chi connectivity index (χ0n) is 67.5. The van der Waals surface area contributed by atoms with Crippen LogP contribution in [0.4, 0.5) is 34.4 Å². The van der Waals surface area contributed by atoms with Crippen molar-refractivity contribution in [3.05, 3.63) is 82.4 Å². The second-order valence-corrected chi connectivity index (χ2v) is 31.1. The zero-order chi connectivity index (χ0) is 76.0. The van der Waals surface area contributed by atoms with Crippen LogP contribution in [0, 0.1) is 5.92 Å². The van der Waals surface area contributed by atoms with Gasteiger partial charge in [0.1, 0.15) is 6.33 Å². The number of azo groups is 2. The maximum atomic E-state index is 15.3. The molecule has 0 radical (unpaired) electrons. The number of aromatic nitrogens is 6. The Morgan fingerprint density at radius 2 is 0.702 bits per heavy atom. The SMILES string of the molecule is CCCCCCN(CCCCCC)C(=O)c1ccc(C(=O)N(CCCCCC)CCCCCC)c(N=Nc2c(C(C)(C)C)nn(-c3cc(-n4nc(C(C)(C)C)c(N=Nc5cc(C(=O)N(CCCCCC)CCCCCC)ccc5C(=O)N(CCCCCC)CC(CC)CCCC)c4N)ncn3)c2N)c1. The van der Waals surface area contributed by atoms with E-state index >= 15 is 9.59 Å². The smallest absolute Gasteiger partial charge is 0.256 e. The van der Waals surface area contributed by atoms with Crippen LogP contribution < -0.4 is 11.5 Å². The summed E-state index contributed by atoms with van der Waals surface area (Å²) in [6, 6.07) is 12.3. The van der Waals surface area contributed by atoms with Crippen LogP contribution in [0.3, 0.4) is 0 Å². The summed E-state index contributed by atoms with van der Waals surface area (Å²) in [6.07, 6.45) is 34.5. The van der Waals surface area contributed by atoms with Gasteiger partial charge in [0.2, 0.25) is 0 Å². The summed E-state index contributed by atoms with van der Waals surface area (Å²) in [7, 11) is 0. The Kier molecular flexibility index (Phi) is 39.1. The summed E-state index contributed by atoms with van der Waals surface area (Å²) in [5, 5.41) is 30.0. The van der Waals surface area contributed by atoms with Crippen LogP contribution in [0.5, 0.6) is 0 Å². The van der Waals surface area contributed by atoms with Crippen LogP contribution in [0.1, 0.15) is 362 Å². The van der Waals surface area contributed by atoms with Crippen molar-refractivity contribution in [2.24, 2.45) is 26.4 Å². The highest BCUT2D eigenvalue weighted by atomic mass is 16.2. The van der Waals surface area contributed by atoms with Crippen LogP contribution in [0.25, 0.3) is 11.6 Å². The van der Waals surface area contributed by atoms with Gasteiger partial charge in [0.05, 0.1) is 33.9 Å². The van der Waals surface area contributed by atoms with Gasteiger partial charge in [-0.2, -0.15) is 19.6 Å². The van der Waals surface area contributed by atoms with Gasteiger partial charge in [-0.15, -0.1) is 20.5 Å². The number of rotatable bonds is 51. The predicted molar refractivity (Wildman–Crippen MR) is 430 cm³/mol. The number of nitrogens with two attached hydrogens (primary N) is 2. The lowest BCUT2D eigenvalue weighted by Crippen LogP contribution is -2.36. The number of hydrogen-bond acceptors (Lipinski definition) is 14. The Balaban J connectivity index is 1.69. The van der Waals surface area contributed by atoms with E-state index in [1.165, 1.54) is 15.7 Å². The largest absolute Gasteiger partial charge is 0.382 e. The first kappa shape index (κ1) is 87.3. The fourth-order valence-electron chi connectivity index (χ4n) is 13.3. The molecule has 0 aliphatic carbocycles. The number of amides is 4. The highest BCUT2D eigenvalue weighted by molar-refractivity contribution is 6.03. The minimum absolute atomic E-state index is 0.0916. The van der Waals surface area contributed by atoms with Gasteiger partial charge < -0.3 is 31.1 Å². The third kappa shape index (κ3) is 27.2. The van der Waals surface area contributed by atoms with Crippen molar-refractivity contribution in [1.82, 2.24) is 49.1 Å². The summed E-state index contributed by atoms with van der Waals surface area (Å²) >= 11 is 0. The van der Waals surface area contributed by atoms with E-state index in [1.807, 2.05) is 61.1 Å². The first-order valence-corrected chi connectivity index (χ1v) is 41.0. The summed E-state index contributed by atoms with van der Waals surface area (Å²) < 4.78 is 3.01. The molecule has 0 spiro atoms. The van der Waals surface area contributed by atoms with Gasteiger partial charge in [-0.05, 0) is 93.7 Å². The molecule has 0 saturated heterocycles. The molecule has 0 aliphatic heterocycles. The molecule has 3 heterocycles. The Labute approximate surface area is 627 Å². The molecule has 20 heteroatoms. The van der Waals surface area contributed by atoms with E-state index in [-0.39, 0.29) is 69.6 Å². The number of nitrogens with zero attached hydrogens (tertiary/aromatic N) is 14.